The zero-order valence-corrected chi connectivity index (χ0v) is 11.2. The van der Waals surface area contributed by atoms with Crippen LogP contribution in [0.5, 0.6) is 0 Å². The van der Waals surface area contributed by atoms with Gasteiger partial charge in [0, 0.05) is 23.9 Å². The summed E-state index contributed by atoms with van der Waals surface area (Å²) in [5.41, 5.74) is 0. The molecule has 1 aromatic rings. The van der Waals surface area contributed by atoms with Crippen molar-refractivity contribution < 1.29 is 14.7 Å². The normalized spacial score (nSPS) is 20.9. The predicted molar refractivity (Wildman–Crippen MR) is 69.5 cm³/mol. The minimum Gasteiger partial charge on any atom is -0.481 e. The number of rotatable bonds is 4. The van der Waals surface area contributed by atoms with Crippen LogP contribution in [0.25, 0.3) is 0 Å². The summed E-state index contributed by atoms with van der Waals surface area (Å²) in [6.07, 6.45) is 1.32. The van der Waals surface area contributed by atoms with Gasteiger partial charge < -0.3 is 10.0 Å². The lowest BCUT2D eigenvalue weighted by Crippen LogP contribution is -2.34. The molecule has 1 amide bonds. The first-order chi connectivity index (χ1) is 8.58. The van der Waals surface area contributed by atoms with E-state index in [2.05, 4.69) is 0 Å². The molecule has 2 heterocycles. The van der Waals surface area contributed by atoms with E-state index in [0.717, 1.165) is 6.42 Å². The van der Waals surface area contributed by atoms with Gasteiger partial charge in [-0.05, 0) is 24.3 Å². The lowest BCUT2D eigenvalue weighted by atomic mass is 10.1. The molecule has 18 heavy (non-hydrogen) atoms. The van der Waals surface area contributed by atoms with Crippen LogP contribution in [0, 0.1) is 11.8 Å². The Morgan fingerprint density at radius 1 is 1.61 bits per heavy atom. The van der Waals surface area contributed by atoms with Crippen LogP contribution in [-0.4, -0.2) is 35.0 Å². The van der Waals surface area contributed by atoms with Crippen molar-refractivity contribution >= 4 is 23.2 Å². The summed E-state index contributed by atoms with van der Waals surface area (Å²) in [7, 11) is 0. The molecule has 0 aliphatic carbocycles. The summed E-state index contributed by atoms with van der Waals surface area (Å²) in [5.74, 6) is -1.18. The summed E-state index contributed by atoms with van der Waals surface area (Å²) < 4.78 is 0. The fourth-order valence-corrected chi connectivity index (χ4v) is 3.13. The Morgan fingerprint density at radius 2 is 2.39 bits per heavy atom. The van der Waals surface area contributed by atoms with E-state index < -0.39 is 5.97 Å². The van der Waals surface area contributed by atoms with Gasteiger partial charge in [0.1, 0.15) is 0 Å². The van der Waals surface area contributed by atoms with Crippen molar-refractivity contribution in [2.45, 2.75) is 19.8 Å². The molecule has 0 unspecified atom stereocenters. The SMILES string of the molecule is C[C@@H](Cc1cccs1)C(=O)N1CC[C@H](C(=O)O)C1. The van der Waals surface area contributed by atoms with Crippen molar-refractivity contribution in [2.75, 3.05) is 13.1 Å². The van der Waals surface area contributed by atoms with Crippen LogP contribution in [0.1, 0.15) is 18.2 Å². The average molecular weight is 267 g/mol. The lowest BCUT2D eigenvalue weighted by Gasteiger charge is -2.20. The van der Waals surface area contributed by atoms with Crippen molar-refractivity contribution in [3.8, 4) is 0 Å². The number of carboxylic acid groups (broad SMARTS) is 1. The van der Waals surface area contributed by atoms with Gasteiger partial charge in [0.25, 0.3) is 0 Å². The van der Waals surface area contributed by atoms with Crippen LogP contribution in [0.15, 0.2) is 17.5 Å². The maximum absolute atomic E-state index is 12.2. The third kappa shape index (κ3) is 2.90. The number of thiophene rings is 1. The van der Waals surface area contributed by atoms with E-state index >= 15 is 0 Å². The van der Waals surface area contributed by atoms with Crippen molar-refractivity contribution in [2.24, 2.45) is 11.8 Å². The molecule has 4 nitrogen and oxygen atoms in total. The van der Waals surface area contributed by atoms with Crippen LogP contribution in [0.3, 0.4) is 0 Å². The van der Waals surface area contributed by atoms with Crippen LogP contribution in [0.2, 0.25) is 0 Å². The van der Waals surface area contributed by atoms with Crippen molar-refractivity contribution in [3.63, 3.8) is 0 Å². The number of aliphatic carboxylic acids is 1. The van der Waals surface area contributed by atoms with E-state index in [9.17, 15) is 9.59 Å². The summed E-state index contributed by atoms with van der Waals surface area (Å²) in [6.45, 7) is 2.85. The number of carbonyl (C=O) groups is 2. The highest BCUT2D eigenvalue weighted by Gasteiger charge is 2.32. The molecule has 0 saturated carbocycles. The Balaban J connectivity index is 1.90. The molecule has 0 bridgehead atoms. The number of likely N-dealkylation sites (tertiary alicyclic amines) is 1. The summed E-state index contributed by atoms with van der Waals surface area (Å²) >= 11 is 1.65. The van der Waals surface area contributed by atoms with Gasteiger partial charge in [-0.25, -0.2) is 0 Å². The van der Waals surface area contributed by atoms with Gasteiger partial charge in [0.2, 0.25) is 5.91 Å². The molecule has 1 aromatic heterocycles. The Labute approximate surface area is 110 Å². The standard InChI is InChI=1S/C13H17NO3S/c1-9(7-11-3-2-6-18-11)12(15)14-5-4-10(8-14)13(16)17/h2-3,6,9-10H,4-5,7-8H2,1H3,(H,16,17)/t9-,10-/m0/s1. The number of nitrogens with zero attached hydrogens (tertiary/aromatic N) is 1. The quantitative estimate of drug-likeness (QED) is 0.906. The Morgan fingerprint density at radius 3 is 2.94 bits per heavy atom. The first-order valence-corrected chi connectivity index (χ1v) is 7.00. The Hall–Kier alpha value is -1.36. The Bertz CT molecular complexity index is 429. The van der Waals surface area contributed by atoms with Gasteiger partial charge in [-0.2, -0.15) is 0 Å². The van der Waals surface area contributed by atoms with Gasteiger partial charge >= 0.3 is 5.97 Å². The second-order valence-electron chi connectivity index (χ2n) is 4.79. The molecule has 2 atom stereocenters. The highest BCUT2D eigenvalue weighted by molar-refractivity contribution is 7.09. The van der Waals surface area contributed by atoms with Crippen molar-refractivity contribution in [1.29, 1.82) is 0 Å². The number of hydrogen-bond donors (Lipinski definition) is 1. The molecule has 2 rings (SSSR count). The summed E-state index contributed by atoms with van der Waals surface area (Å²) in [4.78, 5) is 25.9. The molecule has 1 aliphatic rings. The fraction of sp³-hybridized carbons (Fsp3) is 0.538. The van der Waals surface area contributed by atoms with E-state index in [4.69, 9.17) is 5.11 Å². The molecule has 1 N–H and O–H groups in total. The zero-order valence-electron chi connectivity index (χ0n) is 10.3. The summed E-state index contributed by atoms with van der Waals surface area (Å²) in [5, 5.41) is 10.9. The molecule has 1 saturated heterocycles. The van der Waals surface area contributed by atoms with Crippen LogP contribution in [-0.2, 0) is 16.0 Å². The second kappa shape index (κ2) is 5.52. The van der Waals surface area contributed by atoms with E-state index in [1.807, 2.05) is 24.4 Å². The lowest BCUT2D eigenvalue weighted by molar-refractivity contribution is -0.141. The third-order valence-electron chi connectivity index (χ3n) is 3.36. The average Bonchev–Trinajstić information content (AvgIpc) is 2.98. The number of carboxylic acids is 1. The molecule has 0 spiro atoms. The van der Waals surface area contributed by atoms with Crippen LogP contribution >= 0.6 is 11.3 Å². The first kappa shape index (κ1) is 13.1. The smallest absolute Gasteiger partial charge is 0.308 e. The molecule has 98 valence electrons. The largest absolute Gasteiger partial charge is 0.481 e. The maximum atomic E-state index is 12.2. The second-order valence-corrected chi connectivity index (χ2v) is 5.82. The maximum Gasteiger partial charge on any atom is 0.308 e. The van der Waals surface area contributed by atoms with E-state index in [-0.39, 0.29) is 17.7 Å². The van der Waals surface area contributed by atoms with Gasteiger partial charge in [-0.15, -0.1) is 11.3 Å². The molecule has 0 aromatic carbocycles. The monoisotopic (exact) mass is 267 g/mol. The van der Waals surface area contributed by atoms with Gasteiger partial charge in [0.05, 0.1) is 5.92 Å². The topological polar surface area (TPSA) is 57.6 Å². The van der Waals surface area contributed by atoms with E-state index in [1.54, 1.807) is 16.2 Å². The molecule has 0 radical (unpaired) electrons. The van der Waals surface area contributed by atoms with E-state index in [0.29, 0.717) is 19.5 Å². The molecule has 5 heteroatoms. The minimum absolute atomic E-state index is 0.0730. The van der Waals surface area contributed by atoms with Crippen LogP contribution < -0.4 is 0 Å². The van der Waals surface area contributed by atoms with Crippen molar-refractivity contribution in [3.05, 3.63) is 22.4 Å². The van der Waals surface area contributed by atoms with Crippen molar-refractivity contribution in [1.82, 2.24) is 4.90 Å². The summed E-state index contributed by atoms with van der Waals surface area (Å²) in [6, 6.07) is 4.01. The fourth-order valence-electron chi connectivity index (χ4n) is 2.29. The third-order valence-corrected chi connectivity index (χ3v) is 4.26. The number of amides is 1. The molecule has 1 fully saturated rings. The van der Waals surface area contributed by atoms with Gasteiger partial charge in [0.15, 0.2) is 0 Å². The first-order valence-electron chi connectivity index (χ1n) is 6.12. The predicted octanol–water partition coefficient (Wildman–Crippen LogP) is 1.86. The van der Waals surface area contributed by atoms with Gasteiger partial charge in [-0.3, -0.25) is 9.59 Å². The zero-order chi connectivity index (χ0) is 13.1. The number of hydrogen-bond acceptors (Lipinski definition) is 3. The van der Waals surface area contributed by atoms with E-state index in [1.165, 1.54) is 4.88 Å². The Kier molecular flexibility index (Phi) is 4.01. The highest BCUT2D eigenvalue weighted by Crippen LogP contribution is 2.21. The molecular weight excluding hydrogens is 250 g/mol. The number of carbonyl (C=O) groups excluding carboxylic acids is 1. The van der Waals surface area contributed by atoms with Gasteiger partial charge in [-0.1, -0.05) is 13.0 Å². The van der Waals surface area contributed by atoms with Crippen LogP contribution in [0.4, 0.5) is 0 Å². The molecular formula is C13H17NO3S. The highest BCUT2D eigenvalue weighted by atomic mass is 32.1. The minimum atomic E-state index is -0.795. The molecule has 1 aliphatic heterocycles.